The number of carbonyl (C=O) groups excluding carboxylic acids is 1. The van der Waals surface area contributed by atoms with Crippen LogP contribution >= 0.6 is 0 Å². The molecule has 0 unspecified atom stereocenters. The average Bonchev–Trinajstić information content (AvgIpc) is 2.67. The van der Waals surface area contributed by atoms with E-state index in [0.29, 0.717) is 13.0 Å². The van der Waals surface area contributed by atoms with Crippen LogP contribution in [0.4, 0.5) is 0 Å². The van der Waals surface area contributed by atoms with Gasteiger partial charge in [0.15, 0.2) is 0 Å². The molecule has 2 fully saturated rings. The highest BCUT2D eigenvalue weighted by Gasteiger charge is 2.49. The molecule has 0 aromatic heterocycles. The van der Waals surface area contributed by atoms with E-state index in [0.717, 1.165) is 38.0 Å². The summed E-state index contributed by atoms with van der Waals surface area (Å²) in [6.07, 6.45) is 2.66. The van der Waals surface area contributed by atoms with Gasteiger partial charge in [-0.2, -0.15) is 0 Å². The van der Waals surface area contributed by atoms with Crippen molar-refractivity contribution in [3.63, 3.8) is 0 Å². The summed E-state index contributed by atoms with van der Waals surface area (Å²) in [5, 5.41) is 9.98. The van der Waals surface area contributed by atoms with Gasteiger partial charge in [-0.25, -0.2) is 0 Å². The lowest BCUT2D eigenvalue weighted by Crippen LogP contribution is -2.67. The van der Waals surface area contributed by atoms with Crippen LogP contribution in [0.15, 0.2) is 24.3 Å². The van der Waals surface area contributed by atoms with Gasteiger partial charge >= 0.3 is 0 Å². The minimum absolute atomic E-state index is 0.136. The smallest absolute Gasteiger partial charge is 0.222 e. The highest BCUT2D eigenvalue weighted by Crippen LogP contribution is 2.41. The quantitative estimate of drug-likeness (QED) is 0.822. The molecule has 2 heterocycles. The van der Waals surface area contributed by atoms with Crippen molar-refractivity contribution >= 4 is 5.91 Å². The van der Waals surface area contributed by atoms with Crippen molar-refractivity contribution in [2.75, 3.05) is 40.0 Å². The van der Waals surface area contributed by atoms with Crippen molar-refractivity contribution in [3.8, 4) is 11.8 Å². The number of amides is 1. The molecule has 0 aliphatic carbocycles. The zero-order valence-corrected chi connectivity index (χ0v) is 16.4. The highest BCUT2D eigenvalue weighted by atomic mass is 16.5. The summed E-state index contributed by atoms with van der Waals surface area (Å²) in [6.45, 7) is 5.11. The maximum absolute atomic E-state index is 12.3. The Labute approximate surface area is 162 Å². The van der Waals surface area contributed by atoms with Crippen molar-refractivity contribution in [2.24, 2.45) is 0 Å². The molecule has 2 aliphatic rings. The molecule has 1 aromatic carbocycles. The van der Waals surface area contributed by atoms with Crippen LogP contribution in [-0.4, -0.2) is 72.9 Å². The van der Waals surface area contributed by atoms with Gasteiger partial charge in [-0.1, -0.05) is 30.9 Å². The second-order valence-electron chi connectivity index (χ2n) is 7.34. The second kappa shape index (κ2) is 9.36. The van der Waals surface area contributed by atoms with Gasteiger partial charge in [-0.15, -0.1) is 0 Å². The Hall–Kier alpha value is -1.87. The molecule has 1 N–H and O–H groups in total. The third-order valence-electron chi connectivity index (χ3n) is 5.77. The Kier molecular flexibility index (Phi) is 6.89. The van der Waals surface area contributed by atoms with Crippen LogP contribution < -0.4 is 0 Å². The zero-order valence-electron chi connectivity index (χ0n) is 16.4. The van der Waals surface area contributed by atoms with Crippen LogP contribution in [0.3, 0.4) is 0 Å². The summed E-state index contributed by atoms with van der Waals surface area (Å²) in [7, 11) is 1.64. The lowest BCUT2D eigenvalue weighted by Gasteiger charge is -2.57. The van der Waals surface area contributed by atoms with E-state index in [1.54, 1.807) is 7.11 Å². The van der Waals surface area contributed by atoms with Gasteiger partial charge in [-0.05, 0) is 37.1 Å². The number of nitrogens with zero attached hydrogens (tertiary/aromatic N) is 2. The molecule has 0 bridgehead atoms. The van der Waals surface area contributed by atoms with E-state index in [1.807, 2.05) is 24.0 Å². The third kappa shape index (κ3) is 4.35. The highest BCUT2D eigenvalue weighted by molar-refractivity contribution is 5.75. The number of hydrogen-bond acceptors (Lipinski definition) is 4. The molecule has 2 saturated heterocycles. The Bertz CT molecular complexity index is 692. The summed E-state index contributed by atoms with van der Waals surface area (Å²) in [6, 6.07) is 8.72. The number of carbonyl (C=O) groups is 1. The first kappa shape index (κ1) is 19.9. The fourth-order valence-electron chi connectivity index (χ4n) is 4.39. The SMILES string of the molecule is CCC(=O)N1CCCCN2[C@H](CO)[C@@H](c3ccc(C#CCOC)cc3)[C@H]2C1. The van der Waals surface area contributed by atoms with Gasteiger partial charge in [0.1, 0.15) is 6.61 Å². The van der Waals surface area contributed by atoms with Crippen molar-refractivity contribution < 1.29 is 14.6 Å². The zero-order chi connectivity index (χ0) is 19.2. The molecule has 0 spiro atoms. The Balaban J connectivity index is 1.78. The number of aliphatic hydroxyl groups is 1. The number of benzene rings is 1. The van der Waals surface area contributed by atoms with E-state index in [2.05, 4.69) is 28.9 Å². The van der Waals surface area contributed by atoms with Crippen LogP contribution in [0.1, 0.15) is 43.2 Å². The van der Waals surface area contributed by atoms with Gasteiger partial charge in [0, 0.05) is 50.2 Å². The lowest BCUT2D eigenvalue weighted by atomic mass is 9.74. The van der Waals surface area contributed by atoms with E-state index in [-0.39, 0.29) is 30.5 Å². The molecule has 1 amide bonds. The molecule has 5 heteroatoms. The number of hydrogen-bond donors (Lipinski definition) is 1. The Morgan fingerprint density at radius 2 is 2.00 bits per heavy atom. The summed E-state index contributed by atoms with van der Waals surface area (Å²) < 4.78 is 4.96. The van der Waals surface area contributed by atoms with E-state index in [1.165, 1.54) is 5.56 Å². The number of methoxy groups -OCH3 is 1. The molecule has 27 heavy (non-hydrogen) atoms. The van der Waals surface area contributed by atoms with Crippen molar-refractivity contribution in [2.45, 2.75) is 44.2 Å². The second-order valence-corrected chi connectivity index (χ2v) is 7.34. The lowest BCUT2D eigenvalue weighted by molar-refractivity contribution is -0.136. The molecular formula is C22H30N2O3. The molecule has 146 valence electrons. The normalized spacial score (nSPS) is 25.4. The Morgan fingerprint density at radius 1 is 1.26 bits per heavy atom. The van der Waals surface area contributed by atoms with E-state index in [9.17, 15) is 9.90 Å². The topological polar surface area (TPSA) is 53.0 Å². The van der Waals surface area contributed by atoms with Gasteiger partial charge in [0.25, 0.3) is 0 Å². The standard InChI is InChI=1S/C22H30N2O3/c1-3-21(26)23-12-4-5-13-24-19(15-23)22(20(24)16-25)18-10-8-17(9-11-18)7-6-14-27-2/h8-11,19-20,22,25H,3-5,12-16H2,1-2H3/t19-,20-,22+/m1/s1. The van der Waals surface area contributed by atoms with Gasteiger partial charge in [0.2, 0.25) is 5.91 Å². The van der Waals surface area contributed by atoms with Crippen LogP contribution in [0, 0.1) is 11.8 Å². The maximum atomic E-state index is 12.3. The monoisotopic (exact) mass is 370 g/mol. The number of aliphatic hydroxyl groups excluding tert-OH is 1. The van der Waals surface area contributed by atoms with Crippen molar-refractivity contribution in [3.05, 3.63) is 35.4 Å². The summed E-state index contributed by atoms with van der Waals surface area (Å²) >= 11 is 0. The van der Waals surface area contributed by atoms with E-state index in [4.69, 9.17) is 4.74 Å². The van der Waals surface area contributed by atoms with Crippen LogP contribution in [0.2, 0.25) is 0 Å². The number of fused-ring (bicyclic) bond motifs is 1. The van der Waals surface area contributed by atoms with Gasteiger partial charge in [0.05, 0.1) is 6.61 Å². The van der Waals surface area contributed by atoms with Crippen molar-refractivity contribution in [1.82, 2.24) is 9.80 Å². The summed E-state index contributed by atoms with van der Waals surface area (Å²) in [5.74, 6) is 6.54. The molecule has 1 aromatic rings. The van der Waals surface area contributed by atoms with E-state index < -0.39 is 0 Å². The first-order chi connectivity index (χ1) is 13.2. The first-order valence-electron chi connectivity index (χ1n) is 9.91. The molecular weight excluding hydrogens is 340 g/mol. The van der Waals surface area contributed by atoms with E-state index >= 15 is 0 Å². The molecule has 0 saturated carbocycles. The molecule has 5 nitrogen and oxygen atoms in total. The molecule has 0 radical (unpaired) electrons. The van der Waals surface area contributed by atoms with Crippen LogP contribution in [0.25, 0.3) is 0 Å². The minimum Gasteiger partial charge on any atom is -0.395 e. The maximum Gasteiger partial charge on any atom is 0.222 e. The largest absolute Gasteiger partial charge is 0.395 e. The fraction of sp³-hybridized carbons (Fsp3) is 0.591. The molecule has 3 rings (SSSR count). The third-order valence-corrected chi connectivity index (χ3v) is 5.77. The summed E-state index contributed by atoms with van der Waals surface area (Å²) in [4.78, 5) is 16.7. The van der Waals surface area contributed by atoms with Gasteiger partial charge in [-0.3, -0.25) is 9.69 Å². The molecule has 3 atom stereocenters. The number of ether oxygens (including phenoxy) is 1. The Morgan fingerprint density at radius 3 is 2.67 bits per heavy atom. The summed E-state index contributed by atoms with van der Waals surface area (Å²) in [5.41, 5.74) is 2.19. The van der Waals surface area contributed by atoms with Crippen molar-refractivity contribution in [1.29, 1.82) is 0 Å². The number of rotatable bonds is 4. The van der Waals surface area contributed by atoms with Gasteiger partial charge < -0.3 is 14.7 Å². The minimum atomic E-state index is 0.136. The van der Waals surface area contributed by atoms with Crippen LogP contribution in [0.5, 0.6) is 0 Å². The first-order valence-corrected chi connectivity index (χ1v) is 9.91. The fourth-order valence-corrected chi connectivity index (χ4v) is 4.39. The predicted octanol–water partition coefficient (Wildman–Crippen LogP) is 1.85. The van der Waals surface area contributed by atoms with Crippen LogP contribution in [-0.2, 0) is 9.53 Å². The predicted molar refractivity (Wildman–Crippen MR) is 105 cm³/mol. The average molecular weight is 370 g/mol. The molecule has 2 aliphatic heterocycles.